The second-order valence-electron chi connectivity index (χ2n) is 8.92. The minimum absolute atomic E-state index is 0.0549. The Morgan fingerprint density at radius 2 is 1.80 bits per heavy atom. The first-order valence-corrected chi connectivity index (χ1v) is 14.9. The van der Waals surface area contributed by atoms with Crippen molar-refractivity contribution in [1.82, 2.24) is 13.9 Å². The molecule has 2 aromatic carbocycles. The van der Waals surface area contributed by atoms with Crippen LogP contribution in [0.3, 0.4) is 0 Å². The average molecular weight is 588 g/mol. The third-order valence-corrected chi connectivity index (χ3v) is 9.44. The molecule has 2 heterocycles. The number of hydrogen-bond acceptors (Lipinski definition) is 9. The molecule has 0 aliphatic carbocycles. The Morgan fingerprint density at radius 1 is 1.05 bits per heavy atom. The highest BCUT2D eigenvalue weighted by Crippen LogP contribution is 2.32. The molecular weight excluding hydrogens is 558 g/mol. The van der Waals surface area contributed by atoms with Crippen molar-refractivity contribution in [3.63, 3.8) is 0 Å². The van der Waals surface area contributed by atoms with E-state index in [1.165, 1.54) is 45.6 Å². The van der Waals surface area contributed by atoms with Crippen LogP contribution in [0.4, 0.5) is 0 Å². The van der Waals surface area contributed by atoms with Crippen LogP contribution >= 0.6 is 0 Å². The smallest absolute Gasteiger partial charge is 0.303 e. The third-order valence-electron chi connectivity index (χ3n) is 6.41. The number of aliphatic carboxylic acids is 1. The molecule has 0 fully saturated rings. The number of carboxylic acid groups (broad SMARTS) is 1. The molecule has 0 saturated carbocycles. The van der Waals surface area contributed by atoms with E-state index in [2.05, 4.69) is 9.97 Å². The molecule has 0 spiro atoms. The van der Waals surface area contributed by atoms with E-state index in [-0.39, 0.29) is 34.2 Å². The standard InChI is InChI=1S/C27H29N3O8S2/c1-16-14-28-22(17(2)26(16)38-5)15-39(33)27-29-21-9-7-19(36-3)13-23(21)30(27)40(34,35)20-8-10-24(37-4)18(12-20)6-11-25(31)32/h7-10,12-14H,6,11,15H2,1-5H3,(H,31,32). The summed E-state index contributed by atoms with van der Waals surface area (Å²) in [5.41, 5.74) is 2.88. The van der Waals surface area contributed by atoms with E-state index in [4.69, 9.17) is 19.3 Å². The van der Waals surface area contributed by atoms with E-state index in [1.807, 2.05) is 6.92 Å². The summed E-state index contributed by atoms with van der Waals surface area (Å²) in [4.78, 5) is 19.9. The van der Waals surface area contributed by atoms with Crippen molar-refractivity contribution in [1.29, 1.82) is 0 Å². The Labute approximate surface area is 234 Å². The topological polar surface area (TPSA) is 147 Å². The lowest BCUT2D eigenvalue weighted by molar-refractivity contribution is -0.136. The van der Waals surface area contributed by atoms with Crippen molar-refractivity contribution >= 4 is 37.8 Å². The number of aromatic nitrogens is 3. The SMILES string of the molecule is COc1ccc2nc(S(=O)Cc3ncc(C)c(OC)c3C)n(S(=O)(=O)c3ccc(OC)c(CCC(=O)O)c3)c2c1. The quantitative estimate of drug-likeness (QED) is 0.276. The summed E-state index contributed by atoms with van der Waals surface area (Å²) >= 11 is 0. The second-order valence-corrected chi connectivity index (χ2v) is 12.1. The zero-order chi connectivity index (χ0) is 29.2. The number of nitrogens with zero attached hydrogens (tertiary/aromatic N) is 3. The maximum Gasteiger partial charge on any atom is 0.303 e. The van der Waals surface area contributed by atoms with Crippen LogP contribution in [0.2, 0.25) is 0 Å². The minimum atomic E-state index is -4.37. The first kappa shape index (κ1) is 29.0. The fourth-order valence-corrected chi connectivity index (χ4v) is 7.47. The van der Waals surface area contributed by atoms with Crippen LogP contribution in [-0.4, -0.2) is 59.0 Å². The summed E-state index contributed by atoms with van der Waals surface area (Å²) in [6.45, 7) is 3.64. The van der Waals surface area contributed by atoms with E-state index >= 15 is 0 Å². The Hall–Kier alpha value is -3.97. The Balaban J connectivity index is 1.88. The number of benzene rings is 2. The summed E-state index contributed by atoms with van der Waals surface area (Å²) in [5, 5.41) is 8.95. The van der Waals surface area contributed by atoms with E-state index in [0.29, 0.717) is 39.6 Å². The molecule has 0 amide bonds. The highest BCUT2D eigenvalue weighted by atomic mass is 32.2. The van der Waals surface area contributed by atoms with Gasteiger partial charge in [0.25, 0.3) is 10.0 Å². The number of imidazole rings is 1. The lowest BCUT2D eigenvalue weighted by Crippen LogP contribution is -2.18. The van der Waals surface area contributed by atoms with E-state index < -0.39 is 26.8 Å². The van der Waals surface area contributed by atoms with Crippen molar-refractivity contribution in [2.45, 2.75) is 42.5 Å². The summed E-state index contributed by atoms with van der Waals surface area (Å²) < 4.78 is 59.1. The molecule has 40 heavy (non-hydrogen) atoms. The van der Waals surface area contributed by atoms with Crippen molar-refractivity contribution in [2.24, 2.45) is 0 Å². The van der Waals surface area contributed by atoms with Crippen LogP contribution in [0.15, 0.2) is 52.6 Å². The molecule has 212 valence electrons. The number of pyridine rings is 1. The molecular formula is C27H29N3O8S2. The lowest BCUT2D eigenvalue weighted by Gasteiger charge is -2.14. The Morgan fingerprint density at radius 3 is 2.45 bits per heavy atom. The maximum absolute atomic E-state index is 14.1. The van der Waals surface area contributed by atoms with E-state index in [0.717, 1.165) is 9.54 Å². The number of carboxylic acids is 1. The Kier molecular flexibility index (Phi) is 8.45. The van der Waals surface area contributed by atoms with Crippen LogP contribution in [0, 0.1) is 13.8 Å². The number of ether oxygens (including phenoxy) is 3. The fourth-order valence-electron chi connectivity index (χ4n) is 4.38. The number of hydrogen-bond donors (Lipinski definition) is 1. The number of methoxy groups -OCH3 is 3. The fraction of sp³-hybridized carbons (Fsp3) is 0.296. The molecule has 0 aliphatic heterocycles. The van der Waals surface area contributed by atoms with Gasteiger partial charge in [-0.2, -0.15) is 0 Å². The zero-order valence-electron chi connectivity index (χ0n) is 22.6. The molecule has 1 N–H and O–H groups in total. The van der Waals surface area contributed by atoms with Gasteiger partial charge in [0.2, 0.25) is 5.16 Å². The summed E-state index contributed by atoms with van der Waals surface area (Å²) in [5.74, 6) is 0.220. The van der Waals surface area contributed by atoms with Gasteiger partial charge in [-0.05, 0) is 56.2 Å². The van der Waals surface area contributed by atoms with Gasteiger partial charge in [0, 0.05) is 29.8 Å². The normalized spacial score (nSPS) is 12.3. The number of aryl methyl sites for hydroxylation is 2. The molecule has 0 bridgehead atoms. The average Bonchev–Trinajstić information content (AvgIpc) is 3.33. The van der Waals surface area contributed by atoms with Gasteiger partial charge >= 0.3 is 5.97 Å². The van der Waals surface area contributed by atoms with Crippen molar-refractivity contribution in [3.05, 3.63) is 65.0 Å². The van der Waals surface area contributed by atoms with Gasteiger partial charge in [-0.1, -0.05) is 0 Å². The largest absolute Gasteiger partial charge is 0.497 e. The molecule has 11 nitrogen and oxygen atoms in total. The van der Waals surface area contributed by atoms with Crippen LogP contribution in [0.5, 0.6) is 17.2 Å². The molecule has 13 heteroatoms. The monoisotopic (exact) mass is 587 g/mol. The first-order chi connectivity index (χ1) is 19.0. The minimum Gasteiger partial charge on any atom is -0.497 e. The molecule has 0 aliphatic rings. The molecule has 2 aromatic heterocycles. The van der Waals surface area contributed by atoms with E-state index in [1.54, 1.807) is 25.3 Å². The third kappa shape index (κ3) is 5.52. The molecule has 4 aromatic rings. The van der Waals surface area contributed by atoms with Crippen LogP contribution < -0.4 is 14.2 Å². The predicted molar refractivity (Wildman–Crippen MR) is 148 cm³/mol. The van der Waals surface area contributed by atoms with Gasteiger partial charge in [0.05, 0.1) is 59.5 Å². The molecule has 1 atom stereocenters. The summed E-state index contributed by atoms with van der Waals surface area (Å²) in [7, 11) is -1.91. The number of fused-ring (bicyclic) bond motifs is 1. The molecule has 0 saturated heterocycles. The summed E-state index contributed by atoms with van der Waals surface area (Å²) in [6.07, 6.45) is 1.45. The van der Waals surface area contributed by atoms with Gasteiger partial charge in [-0.25, -0.2) is 17.4 Å². The highest BCUT2D eigenvalue weighted by molar-refractivity contribution is 7.91. The number of rotatable bonds is 11. The highest BCUT2D eigenvalue weighted by Gasteiger charge is 2.29. The van der Waals surface area contributed by atoms with Gasteiger partial charge < -0.3 is 19.3 Å². The van der Waals surface area contributed by atoms with Gasteiger partial charge in [0.15, 0.2) is 0 Å². The zero-order valence-corrected chi connectivity index (χ0v) is 24.3. The maximum atomic E-state index is 14.1. The van der Waals surface area contributed by atoms with Crippen LogP contribution in [0.25, 0.3) is 11.0 Å². The second kappa shape index (κ2) is 11.6. The lowest BCUT2D eigenvalue weighted by atomic mass is 10.1. The molecule has 4 rings (SSSR count). The molecule has 0 radical (unpaired) electrons. The van der Waals surface area contributed by atoms with Gasteiger partial charge in [-0.3, -0.25) is 14.0 Å². The van der Waals surface area contributed by atoms with Gasteiger partial charge in [0.1, 0.15) is 17.2 Å². The summed E-state index contributed by atoms with van der Waals surface area (Å²) in [6, 6.07) is 8.92. The Bertz CT molecular complexity index is 1730. The molecule has 1 unspecified atom stereocenters. The van der Waals surface area contributed by atoms with Crippen molar-refractivity contribution in [3.8, 4) is 17.2 Å². The van der Waals surface area contributed by atoms with Crippen molar-refractivity contribution in [2.75, 3.05) is 21.3 Å². The van der Waals surface area contributed by atoms with Crippen LogP contribution in [0.1, 0.15) is 28.8 Å². The van der Waals surface area contributed by atoms with Crippen LogP contribution in [-0.2, 0) is 37.8 Å². The van der Waals surface area contributed by atoms with E-state index in [9.17, 15) is 17.4 Å². The van der Waals surface area contributed by atoms with Crippen molar-refractivity contribution < 1.29 is 36.7 Å². The predicted octanol–water partition coefficient (Wildman–Crippen LogP) is 3.64. The number of carbonyl (C=O) groups is 1. The first-order valence-electron chi connectivity index (χ1n) is 12.1. The van der Waals surface area contributed by atoms with Gasteiger partial charge in [-0.15, -0.1) is 0 Å².